The largest absolute Gasteiger partial charge is 0.411 e. The molecule has 2 aromatic rings. The van der Waals surface area contributed by atoms with Gasteiger partial charge in [0, 0.05) is 5.57 Å². The van der Waals surface area contributed by atoms with Crippen LogP contribution in [0.2, 0.25) is 0 Å². The van der Waals surface area contributed by atoms with Crippen molar-refractivity contribution in [3.63, 3.8) is 0 Å². The first-order valence-corrected chi connectivity index (χ1v) is 6.64. The third-order valence-electron chi connectivity index (χ3n) is 3.29. The van der Waals surface area contributed by atoms with Gasteiger partial charge < -0.3 is 5.21 Å². The van der Waals surface area contributed by atoms with Crippen molar-refractivity contribution < 1.29 is 5.21 Å². The summed E-state index contributed by atoms with van der Waals surface area (Å²) < 4.78 is 0. The minimum atomic E-state index is 0.606. The van der Waals surface area contributed by atoms with Crippen molar-refractivity contribution in [1.29, 1.82) is 0 Å². The van der Waals surface area contributed by atoms with Crippen LogP contribution in [0.15, 0.2) is 53.7 Å². The molecule has 0 unspecified atom stereocenters. The maximum absolute atomic E-state index is 9.09. The summed E-state index contributed by atoms with van der Waals surface area (Å²) in [6.45, 7) is 5.93. The lowest BCUT2D eigenvalue weighted by atomic mass is 9.98. The molecule has 0 aliphatic heterocycles. The minimum Gasteiger partial charge on any atom is -0.411 e. The molecular formula is C18H19NO. The van der Waals surface area contributed by atoms with Gasteiger partial charge in [0.1, 0.15) is 0 Å². The zero-order valence-corrected chi connectivity index (χ0v) is 12.1. The summed E-state index contributed by atoms with van der Waals surface area (Å²) in [5.74, 6) is 0. The van der Waals surface area contributed by atoms with E-state index < -0.39 is 0 Å². The molecule has 0 aliphatic carbocycles. The van der Waals surface area contributed by atoms with E-state index in [1.165, 1.54) is 11.1 Å². The van der Waals surface area contributed by atoms with E-state index in [1.54, 1.807) is 6.92 Å². The van der Waals surface area contributed by atoms with Crippen LogP contribution in [0.25, 0.3) is 11.6 Å². The predicted molar refractivity (Wildman–Crippen MR) is 85.1 cm³/mol. The first-order chi connectivity index (χ1) is 9.60. The van der Waals surface area contributed by atoms with E-state index in [0.29, 0.717) is 5.71 Å². The zero-order valence-electron chi connectivity index (χ0n) is 12.1. The Bertz CT molecular complexity index is 634. The molecule has 0 aliphatic rings. The van der Waals surface area contributed by atoms with Gasteiger partial charge in [-0.05, 0) is 38.0 Å². The summed E-state index contributed by atoms with van der Waals surface area (Å²) in [6, 6.07) is 16.5. The number of aryl methyl sites for hydroxylation is 2. The van der Waals surface area contributed by atoms with E-state index in [0.717, 1.165) is 16.7 Å². The smallest absolute Gasteiger partial charge is 0.0843 e. The lowest BCUT2D eigenvalue weighted by molar-refractivity contribution is 0.319. The standard InChI is InChI=1S/C18H19NO/c1-13-4-8-16(9-5-13)12-18(15(3)19-20)17-10-6-14(2)7-11-17/h4-12,20H,1-3H3/b18-12-,19-15+. The molecular weight excluding hydrogens is 246 g/mol. The van der Waals surface area contributed by atoms with E-state index in [2.05, 4.69) is 55.4 Å². The summed E-state index contributed by atoms with van der Waals surface area (Å²) in [6.07, 6.45) is 2.04. The fraction of sp³-hybridized carbons (Fsp3) is 0.167. The molecule has 0 heterocycles. The first kappa shape index (κ1) is 14.1. The summed E-state index contributed by atoms with van der Waals surface area (Å²) >= 11 is 0. The normalized spacial score (nSPS) is 12.6. The molecule has 2 heteroatoms. The molecule has 0 saturated carbocycles. The summed E-state index contributed by atoms with van der Waals surface area (Å²) in [4.78, 5) is 0. The third-order valence-corrected chi connectivity index (χ3v) is 3.29. The second kappa shape index (κ2) is 6.20. The lowest BCUT2D eigenvalue weighted by Gasteiger charge is -2.07. The van der Waals surface area contributed by atoms with Gasteiger partial charge in [-0.3, -0.25) is 0 Å². The molecule has 0 saturated heterocycles. The van der Waals surface area contributed by atoms with Crippen molar-refractivity contribution in [3.8, 4) is 0 Å². The van der Waals surface area contributed by atoms with Gasteiger partial charge in [0.05, 0.1) is 5.71 Å². The SMILES string of the molecule is CC(=N\O)/C(=C/c1ccc(C)cc1)c1ccc(C)cc1. The van der Waals surface area contributed by atoms with E-state index >= 15 is 0 Å². The van der Waals surface area contributed by atoms with E-state index in [9.17, 15) is 0 Å². The first-order valence-electron chi connectivity index (χ1n) is 6.64. The van der Waals surface area contributed by atoms with E-state index in [4.69, 9.17) is 5.21 Å². The summed E-state index contributed by atoms with van der Waals surface area (Å²) in [7, 11) is 0. The molecule has 0 bridgehead atoms. The summed E-state index contributed by atoms with van der Waals surface area (Å²) in [5, 5.41) is 12.4. The topological polar surface area (TPSA) is 32.6 Å². The van der Waals surface area contributed by atoms with Crippen LogP contribution in [0.1, 0.15) is 29.2 Å². The average Bonchev–Trinajstić information content (AvgIpc) is 2.47. The summed E-state index contributed by atoms with van der Waals surface area (Å²) in [5.41, 5.74) is 6.11. The third kappa shape index (κ3) is 3.35. The van der Waals surface area contributed by atoms with Gasteiger partial charge in [0.15, 0.2) is 0 Å². The maximum atomic E-state index is 9.09. The molecule has 0 atom stereocenters. The number of hydrogen-bond acceptors (Lipinski definition) is 2. The molecule has 0 spiro atoms. The van der Waals surface area contributed by atoms with Crippen molar-refractivity contribution >= 4 is 17.4 Å². The fourth-order valence-corrected chi connectivity index (χ4v) is 2.01. The maximum Gasteiger partial charge on any atom is 0.0843 e. The fourth-order valence-electron chi connectivity index (χ4n) is 2.01. The Kier molecular flexibility index (Phi) is 4.36. The highest BCUT2D eigenvalue weighted by molar-refractivity contribution is 6.26. The second-order valence-corrected chi connectivity index (χ2v) is 5.02. The van der Waals surface area contributed by atoms with Crippen molar-refractivity contribution in [2.24, 2.45) is 5.16 Å². The Hall–Kier alpha value is -2.35. The lowest BCUT2D eigenvalue weighted by Crippen LogP contribution is -1.97. The van der Waals surface area contributed by atoms with Crippen molar-refractivity contribution in [2.75, 3.05) is 0 Å². The highest BCUT2D eigenvalue weighted by Gasteiger charge is 2.06. The van der Waals surface area contributed by atoms with Crippen LogP contribution in [-0.4, -0.2) is 10.9 Å². The molecule has 2 aromatic carbocycles. The minimum absolute atomic E-state index is 0.606. The number of benzene rings is 2. The van der Waals surface area contributed by atoms with E-state index in [1.807, 2.05) is 18.2 Å². The van der Waals surface area contributed by atoms with Crippen LogP contribution < -0.4 is 0 Å². The van der Waals surface area contributed by atoms with Gasteiger partial charge in [-0.1, -0.05) is 64.8 Å². The predicted octanol–water partition coefficient (Wildman–Crippen LogP) is 4.69. The molecule has 0 aromatic heterocycles. The Labute approximate surface area is 120 Å². The van der Waals surface area contributed by atoms with Gasteiger partial charge in [-0.25, -0.2) is 0 Å². The Balaban J connectivity index is 2.47. The molecule has 0 radical (unpaired) electrons. The van der Waals surface area contributed by atoms with Crippen molar-refractivity contribution in [3.05, 3.63) is 70.8 Å². The zero-order chi connectivity index (χ0) is 14.5. The molecule has 2 nitrogen and oxygen atoms in total. The molecule has 1 N–H and O–H groups in total. The van der Waals surface area contributed by atoms with Crippen molar-refractivity contribution in [2.45, 2.75) is 20.8 Å². The second-order valence-electron chi connectivity index (χ2n) is 5.02. The van der Waals surface area contributed by atoms with Gasteiger partial charge in [-0.2, -0.15) is 0 Å². The van der Waals surface area contributed by atoms with Crippen LogP contribution in [0.3, 0.4) is 0 Å². The van der Waals surface area contributed by atoms with Crippen LogP contribution >= 0.6 is 0 Å². The van der Waals surface area contributed by atoms with Gasteiger partial charge in [-0.15, -0.1) is 0 Å². The van der Waals surface area contributed by atoms with Gasteiger partial charge >= 0.3 is 0 Å². The van der Waals surface area contributed by atoms with E-state index in [-0.39, 0.29) is 0 Å². The number of allylic oxidation sites excluding steroid dienone is 1. The van der Waals surface area contributed by atoms with Crippen LogP contribution in [0.4, 0.5) is 0 Å². The van der Waals surface area contributed by atoms with Crippen LogP contribution in [0, 0.1) is 13.8 Å². The quantitative estimate of drug-likeness (QED) is 0.371. The molecule has 20 heavy (non-hydrogen) atoms. The molecule has 0 fully saturated rings. The number of oxime groups is 1. The number of rotatable bonds is 3. The van der Waals surface area contributed by atoms with Gasteiger partial charge in [0.2, 0.25) is 0 Å². The molecule has 0 amide bonds. The van der Waals surface area contributed by atoms with Gasteiger partial charge in [0.25, 0.3) is 0 Å². The van der Waals surface area contributed by atoms with Crippen molar-refractivity contribution in [1.82, 2.24) is 0 Å². The van der Waals surface area contributed by atoms with Crippen LogP contribution in [-0.2, 0) is 0 Å². The Morgan fingerprint density at radius 2 is 1.40 bits per heavy atom. The highest BCUT2D eigenvalue weighted by Crippen LogP contribution is 2.21. The van der Waals surface area contributed by atoms with Crippen LogP contribution in [0.5, 0.6) is 0 Å². The Morgan fingerprint density at radius 1 is 0.900 bits per heavy atom. The monoisotopic (exact) mass is 265 g/mol. The number of nitrogens with zero attached hydrogens (tertiary/aromatic N) is 1. The molecule has 2 rings (SSSR count). The number of hydrogen-bond donors (Lipinski definition) is 1. The average molecular weight is 265 g/mol. The Morgan fingerprint density at radius 3 is 1.90 bits per heavy atom. The highest BCUT2D eigenvalue weighted by atomic mass is 16.4. The molecule has 102 valence electrons.